The lowest BCUT2D eigenvalue weighted by Crippen LogP contribution is -2.49. The number of fused-ring (bicyclic) bond motifs is 5. The van der Waals surface area contributed by atoms with Crippen LogP contribution in [0.1, 0.15) is 56.1 Å². The second kappa shape index (κ2) is 5.27. The van der Waals surface area contributed by atoms with Crippen molar-refractivity contribution in [1.29, 1.82) is 0 Å². The minimum Gasteiger partial charge on any atom is -0.299 e. The van der Waals surface area contributed by atoms with E-state index in [2.05, 4.69) is 19.6 Å². The van der Waals surface area contributed by atoms with E-state index in [-0.39, 0.29) is 15.7 Å². The summed E-state index contributed by atoms with van der Waals surface area (Å²) in [7, 11) is -3.68. The second-order valence-electron chi connectivity index (χ2n) is 8.25. The van der Waals surface area contributed by atoms with Crippen molar-refractivity contribution in [2.45, 2.75) is 56.3 Å². The van der Waals surface area contributed by atoms with Gasteiger partial charge in [0.2, 0.25) is 10.0 Å². The van der Waals surface area contributed by atoms with Crippen LogP contribution in [0.15, 0.2) is 35.7 Å². The van der Waals surface area contributed by atoms with Crippen molar-refractivity contribution in [3.8, 4) is 0 Å². The Labute approximate surface area is 149 Å². The first-order valence-corrected chi connectivity index (χ1v) is 10.6. The molecule has 4 rings (SSSR count). The number of primary sulfonamides is 1. The van der Waals surface area contributed by atoms with Crippen LogP contribution in [0.5, 0.6) is 0 Å². The number of nitrogens with two attached hydrogens (primary N) is 1. The first kappa shape index (κ1) is 17.0. The van der Waals surface area contributed by atoms with Crippen molar-refractivity contribution in [3.05, 3.63) is 42.0 Å². The highest BCUT2D eigenvalue weighted by Gasteiger charge is 2.60. The van der Waals surface area contributed by atoms with E-state index in [1.54, 1.807) is 12.1 Å². The van der Waals surface area contributed by atoms with E-state index in [0.717, 1.165) is 37.7 Å². The predicted octanol–water partition coefficient (Wildman–Crippen LogP) is 3.32. The molecule has 5 heteroatoms. The Balaban J connectivity index is 1.82. The van der Waals surface area contributed by atoms with Crippen molar-refractivity contribution in [3.63, 3.8) is 0 Å². The Morgan fingerprint density at radius 3 is 2.68 bits per heavy atom. The number of sulfonamides is 1. The molecule has 2 fully saturated rings. The zero-order valence-electron chi connectivity index (χ0n) is 14.6. The van der Waals surface area contributed by atoms with Crippen LogP contribution in [0.2, 0.25) is 0 Å². The molecule has 0 amide bonds. The fourth-order valence-corrected chi connectivity index (χ4v) is 6.62. The van der Waals surface area contributed by atoms with Gasteiger partial charge < -0.3 is 0 Å². The number of allylic oxidation sites excluding steroid dienone is 1. The molecular formula is C20H25NO3S. The fraction of sp³-hybridized carbons (Fsp3) is 0.550. The molecule has 25 heavy (non-hydrogen) atoms. The highest BCUT2D eigenvalue weighted by Crippen LogP contribution is 2.66. The Hall–Kier alpha value is -1.46. The van der Waals surface area contributed by atoms with Crippen LogP contribution in [0.4, 0.5) is 0 Å². The predicted molar refractivity (Wildman–Crippen MR) is 96.6 cm³/mol. The number of Topliss-reactive ketones (excluding diaryl/α,β-unsaturated/α-hetero) is 1. The van der Waals surface area contributed by atoms with Crippen LogP contribution in [0, 0.1) is 16.7 Å². The van der Waals surface area contributed by atoms with Crippen LogP contribution in [0.3, 0.4) is 0 Å². The first-order valence-electron chi connectivity index (χ1n) is 9.05. The number of carbonyl (C=O) groups is 1. The highest BCUT2D eigenvalue weighted by molar-refractivity contribution is 7.89. The molecule has 1 aromatic rings. The van der Waals surface area contributed by atoms with Crippen LogP contribution < -0.4 is 5.14 Å². The van der Waals surface area contributed by atoms with E-state index in [1.807, 2.05) is 6.07 Å². The summed E-state index contributed by atoms with van der Waals surface area (Å²) in [5.41, 5.74) is 2.03. The van der Waals surface area contributed by atoms with E-state index >= 15 is 0 Å². The van der Waals surface area contributed by atoms with Gasteiger partial charge in [-0.15, -0.1) is 6.58 Å². The molecule has 3 aliphatic carbocycles. The van der Waals surface area contributed by atoms with Crippen molar-refractivity contribution >= 4 is 15.8 Å². The maximum atomic E-state index is 12.5. The Morgan fingerprint density at radius 1 is 1.24 bits per heavy atom. The van der Waals surface area contributed by atoms with Gasteiger partial charge in [0.15, 0.2) is 0 Å². The maximum Gasteiger partial charge on any atom is 0.238 e. The lowest BCUT2D eigenvalue weighted by Gasteiger charge is -2.56. The Bertz CT molecular complexity index is 875. The Kier molecular flexibility index (Phi) is 3.58. The van der Waals surface area contributed by atoms with Gasteiger partial charge in [0, 0.05) is 11.8 Å². The summed E-state index contributed by atoms with van der Waals surface area (Å²) in [6.45, 7) is 6.33. The number of hydrogen-bond donors (Lipinski definition) is 1. The summed E-state index contributed by atoms with van der Waals surface area (Å²) in [6, 6.07) is 5.31. The summed E-state index contributed by atoms with van der Waals surface area (Å²) in [5.74, 6) is 1.06. The van der Waals surface area contributed by atoms with Gasteiger partial charge in [0.1, 0.15) is 5.78 Å². The van der Waals surface area contributed by atoms with Gasteiger partial charge in [-0.05, 0) is 72.6 Å². The smallest absolute Gasteiger partial charge is 0.238 e. The molecule has 0 saturated heterocycles. The van der Waals surface area contributed by atoms with Gasteiger partial charge in [0.05, 0.1) is 4.90 Å². The summed E-state index contributed by atoms with van der Waals surface area (Å²) < 4.78 is 23.3. The van der Waals surface area contributed by atoms with E-state index in [0.29, 0.717) is 24.0 Å². The van der Waals surface area contributed by atoms with Crippen LogP contribution in [-0.2, 0) is 21.2 Å². The molecule has 0 aliphatic heterocycles. The molecule has 4 atom stereocenters. The zero-order valence-corrected chi connectivity index (χ0v) is 15.4. The van der Waals surface area contributed by atoms with Crippen LogP contribution >= 0.6 is 0 Å². The summed E-state index contributed by atoms with van der Waals surface area (Å²) in [5, 5.41) is 5.30. The molecular weight excluding hydrogens is 334 g/mol. The molecule has 3 aliphatic rings. The Morgan fingerprint density at radius 2 is 2.00 bits per heavy atom. The molecule has 2 unspecified atom stereocenters. The van der Waals surface area contributed by atoms with Crippen molar-refractivity contribution in [2.24, 2.45) is 21.9 Å². The van der Waals surface area contributed by atoms with Gasteiger partial charge >= 0.3 is 0 Å². The van der Waals surface area contributed by atoms with E-state index < -0.39 is 10.0 Å². The average Bonchev–Trinajstić information content (AvgIpc) is 2.89. The maximum absolute atomic E-state index is 12.5. The SMILES string of the molecule is C=C[C@@]12CCc3cc(S(N)(=O)=O)ccc3C1CC[C@]1(C)C(=O)CCC21. The number of carbonyl (C=O) groups excluding carboxylic acids is 1. The number of ketones is 1. The molecule has 4 nitrogen and oxygen atoms in total. The second-order valence-corrected chi connectivity index (χ2v) is 9.81. The summed E-state index contributed by atoms with van der Waals surface area (Å²) >= 11 is 0. The molecule has 0 heterocycles. The van der Waals surface area contributed by atoms with E-state index in [4.69, 9.17) is 5.14 Å². The third-order valence-electron chi connectivity index (χ3n) is 7.34. The fourth-order valence-electron chi connectivity index (χ4n) is 6.05. The number of rotatable bonds is 2. The third kappa shape index (κ3) is 2.21. The monoisotopic (exact) mass is 359 g/mol. The lowest BCUT2D eigenvalue weighted by molar-refractivity contribution is -0.131. The average molecular weight is 359 g/mol. The largest absolute Gasteiger partial charge is 0.299 e. The van der Waals surface area contributed by atoms with Gasteiger partial charge in [-0.25, -0.2) is 13.6 Å². The standard InChI is InChI=1S/C20H25NO3S/c1-3-20-11-8-13-12-14(25(21,23)24)4-5-15(13)16(20)9-10-19(2)17(20)6-7-18(19)22/h3-5,12,16-17H,1,6-11H2,2H3,(H2,21,23,24)/t16?,17?,19-,20+/m0/s1. The number of benzene rings is 1. The minimum absolute atomic E-state index is 0.0603. The molecule has 0 bridgehead atoms. The van der Waals surface area contributed by atoms with Gasteiger partial charge in [-0.1, -0.05) is 19.1 Å². The van der Waals surface area contributed by atoms with Gasteiger partial charge in [-0.2, -0.15) is 0 Å². The molecule has 0 spiro atoms. The summed E-state index contributed by atoms with van der Waals surface area (Å²) in [6.07, 6.45) is 7.33. The van der Waals surface area contributed by atoms with Crippen molar-refractivity contribution in [2.75, 3.05) is 0 Å². The molecule has 134 valence electrons. The van der Waals surface area contributed by atoms with E-state index in [9.17, 15) is 13.2 Å². The molecule has 1 aromatic carbocycles. The van der Waals surface area contributed by atoms with E-state index in [1.165, 1.54) is 5.56 Å². The van der Waals surface area contributed by atoms with Crippen molar-refractivity contribution < 1.29 is 13.2 Å². The normalized spacial score (nSPS) is 37.1. The van der Waals surface area contributed by atoms with Crippen molar-refractivity contribution in [1.82, 2.24) is 0 Å². The zero-order chi connectivity index (χ0) is 18.0. The minimum atomic E-state index is -3.68. The van der Waals surface area contributed by atoms with Gasteiger partial charge in [0.25, 0.3) is 0 Å². The molecule has 0 radical (unpaired) electrons. The van der Waals surface area contributed by atoms with Crippen LogP contribution in [0.25, 0.3) is 0 Å². The molecule has 2 N–H and O–H groups in total. The van der Waals surface area contributed by atoms with Gasteiger partial charge in [-0.3, -0.25) is 4.79 Å². The third-order valence-corrected chi connectivity index (χ3v) is 8.25. The highest BCUT2D eigenvalue weighted by atomic mass is 32.2. The quantitative estimate of drug-likeness (QED) is 0.823. The van der Waals surface area contributed by atoms with Crippen LogP contribution in [-0.4, -0.2) is 14.2 Å². The number of aryl methyl sites for hydroxylation is 1. The number of hydrogen-bond acceptors (Lipinski definition) is 3. The summed E-state index contributed by atoms with van der Waals surface area (Å²) in [4.78, 5) is 12.7. The first-order chi connectivity index (χ1) is 11.7. The topological polar surface area (TPSA) is 77.2 Å². The molecule has 0 aromatic heterocycles. The lowest BCUT2D eigenvalue weighted by atomic mass is 9.47. The molecule has 2 saturated carbocycles.